The van der Waals surface area contributed by atoms with E-state index in [0.29, 0.717) is 6.61 Å². The number of hydrogen-bond donors (Lipinski definition) is 2. The molecule has 15 heavy (non-hydrogen) atoms. The van der Waals surface area contributed by atoms with Crippen LogP contribution in [0, 0.1) is 0 Å². The fourth-order valence-electron chi connectivity index (χ4n) is 2.35. The Balaban J connectivity index is 2.14. The molecule has 78 valence electrons. The molecule has 1 fully saturated rings. The molecule has 0 aliphatic heterocycles. The lowest BCUT2D eigenvalue weighted by Crippen LogP contribution is -2.18. The van der Waals surface area contributed by atoms with Crippen LogP contribution >= 0.6 is 0 Å². The molecule has 3 heteroatoms. The highest BCUT2D eigenvalue weighted by molar-refractivity contribution is 5.84. The minimum atomic E-state index is 0.177. The summed E-state index contributed by atoms with van der Waals surface area (Å²) in [6, 6.07) is 8.49. The van der Waals surface area contributed by atoms with Crippen LogP contribution in [0.5, 0.6) is 0 Å². The molecule has 0 atom stereocenters. The van der Waals surface area contributed by atoms with Crippen LogP contribution in [0.3, 0.4) is 0 Å². The van der Waals surface area contributed by atoms with E-state index in [0.717, 1.165) is 0 Å². The third-order valence-electron chi connectivity index (χ3n) is 3.38. The van der Waals surface area contributed by atoms with Crippen LogP contribution in [0.25, 0.3) is 10.9 Å². The van der Waals surface area contributed by atoms with Gasteiger partial charge < -0.3 is 9.82 Å². The number of aromatic amines is 1. The lowest BCUT2D eigenvalue weighted by Gasteiger charge is -2.14. The SMILES string of the molecule is NOCC1(c2cccc3[nH]ccc23)CC1. The molecule has 1 aliphatic carbocycles. The number of fused-ring (bicyclic) bond motifs is 1. The van der Waals surface area contributed by atoms with Gasteiger partial charge in [0.05, 0.1) is 6.61 Å². The van der Waals surface area contributed by atoms with Crippen LogP contribution in [-0.2, 0) is 10.3 Å². The minimum Gasteiger partial charge on any atom is -0.361 e. The van der Waals surface area contributed by atoms with Crippen LogP contribution < -0.4 is 5.90 Å². The standard InChI is InChI=1S/C12H14N2O/c13-15-8-12(5-6-12)10-2-1-3-11-9(10)4-7-14-11/h1-4,7,14H,5-6,8,13H2. The average Bonchev–Trinajstić information content (AvgIpc) is 2.88. The normalized spacial score (nSPS) is 18.2. The van der Waals surface area contributed by atoms with Gasteiger partial charge in [-0.15, -0.1) is 0 Å². The highest BCUT2D eigenvalue weighted by Gasteiger charge is 2.45. The number of hydrogen-bond acceptors (Lipinski definition) is 2. The molecule has 1 aromatic heterocycles. The van der Waals surface area contributed by atoms with Gasteiger partial charge in [-0.1, -0.05) is 12.1 Å². The van der Waals surface area contributed by atoms with Crippen LogP contribution in [0.1, 0.15) is 18.4 Å². The summed E-state index contributed by atoms with van der Waals surface area (Å²) in [5.74, 6) is 5.20. The van der Waals surface area contributed by atoms with Crippen molar-refractivity contribution >= 4 is 10.9 Å². The van der Waals surface area contributed by atoms with Crippen molar-refractivity contribution < 1.29 is 4.84 Å². The van der Waals surface area contributed by atoms with E-state index < -0.39 is 0 Å². The Morgan fingerprint density at radius 1 is 1.33 bits per heavy atom. The Morgan fingerprint density at radius 2 is 2.20 bits per heavy atom. The van der Waals surface area contributed by atoms with Crippen LogP contribution in [-0.4, -0.2) is 11.6 Å². The van der Waals surface area contributed by atoms with Gasteiger partial charge in [0, 0.05) is 22.5 Å². The summed E-state index contributed by atoms with van der Waals surface area (Å²) in [5.41, 5.74) is 2.73. The Bertz CT molecular complexity index is 485. The van der Waals surface area contributed by atoms with E-state index in [1.165, 1.54) is 29.3 Å². The van der Waals surface area contributed by atoms with Crippen molar-refractivity contribution in [1.29, 1.82) is 0 Å². The zero-order valence-corrected chi connectivity index (χ0v) is 8.49. The highest BCUT2D eigenvalue weighted by atomic mass is 16.6. The summed E-state index contributed by atoms with van der Waals surface area (Å²) in [6.45, 7) is 0.622. The molecule has 0 spiro atoms. The molecule has 0 unspecified atom stereocenters. The first kappa shape index (κ1) is 8.95. The molecule has 3 rings (SSSR count). The second-order valence-electron chi connectivity index (χ2n) is 4.34. The molecule has 3 N–H and O–H groups in total. The molecular weight excluding hydrogens is 188 g/mol. The third kappa shape index (κ3) is 1.28. The molecule has 0 bridgehead atoms. The van der Waals surface area contributed by atoms with Gasteiger partial charge in [-0.3, -0.25) is 0 Å². The molecule has 0 radical (unpaired) electrons. The molecule has 0 amide bonds. The Labute approximate surface area is 88.2 Å². The zero-order chi connectivity index (χ0) is 10.3. The maximum Gasteiger partial charge on any atom is 0.0776 e. The lowest BCUT2D eigenvalue weighted by molar-refractivity contribution is 0.116. The topological polar surface area (TPSA) is 51.0 Å². The van der Waals surface area contributed by atoms with E-state index in [4.69, 9.17) is 10.7 Å². The number of rotatable bonds is 3. The van der Waals surface area contributed by atoms with Crippen molar-refractivity contribution in [1.82, 2.24) is 4.98 Å². The van der Waals surface area contributed by atoms with Gasteiger partial charge >= 0.3 is 0 Å². The zero-order valence-electron chi connectivity index (χ0n) is 8.49. The summed E-state index contributed by atoms with van der Waals surface area (Å²) < 4.78 is 0. The van der Waals surface area contributed by atoms with Crippen LogP contribution in [0.15, 0.2) is 30.5 Å². The molecule has 0 saturated heterocycles. The second-order valence-corrected chi connectivity index (χ2v) is 4.34. The average molecular weight is 202 g/mol. The maximum atomic E-state index is 5.20. The van der Waals surface area contributed by atoms with Gasteiger partial charge in [-0.2, -0.15) is 0 Å². The van der Waals surface area contributed by atoms with Gasteiger partial charge in [0.1, 0.15) is 0 Å². The lowest BCUT2D eigenvalue weighted by atomic mass is 9.94. The largest absolute Gasteiger partial charge is 0.361 e. The Kier molecular flexibility index (Phi) is 1.84. The minimum absolute atomic E-state index is 0.177. The van der Waals surface area contributed by atoms with Crippen LogP contribution in [0.4, 0.5) is 0 Å². The highest BCUT2D eigenvalue weighted by Crippen LogP contribution is 2.50. The van der Waals surface area contributed by atoms with E-state index in [1.807, 2.05) is 6.20 Å². The fourth-order valence-corrected chi connectivity index (χ4v) is 2.35. The van der Waals surface area contributed by atoms with Crippen molar-refractivity contribution in [3.05, 3.63) is 36.0 Å². The predicted molar refractivity (Wildman–Crippen MR) is 59.4 cm³/mol. The summed E-state index contributed by atoms with van der Waals surface area (Å²) >= 11 is 0. The number of nitrogens with one attached hydrogen (secondary N) is 1. The number of benzene rings is 1. The number of nitrogens with two attached hydrogens (primary N) is 1. The van der Waals surface area contributed by atoms with Crippen LogP contribution in [0.2, 0.25) is 0 Å². The molecule has 1 saturated carbocycles. The summed E-state index contributed by atoms with van der Waals surface area (Å²) in [4.78, 5) is 8.07. The quantitative estimate of drug-likeness (QED) is 0.749. The van der Waals surface area contributed by atoms with Gasteiger partial charge in [0.25, 0.3) is 0 Å². The molecule has 1 aliphatic rings. The first-order chi connectivity index (χ1) is 7.36. The number of H-pyrrole nitrogens is 1. The second kappa shape index (κ2) is 3.08. The Hall–Kier alpha value is -1.32. The van der Waals surface area contributed by atoms with Gasteiger partial charge in [-0.25, -0.2) is 5.90 Å². The van der Waals surface area contributed by atoms with E-state index in [9.17, 15) is 0 Å². The molecule has 1 aromatic carbocycles. The van der Waals surface area contributed by atoms with Gasteiger partial charge in [0.2, 0.25) is 0 Å². The van der Waals surface area contributed by atoms with Crippen molar-refractivity contribution in [3.8, 4) is 0 Å². The third-order valence-corrected chi connectivity index (χ3v) is 3.38. The Morgan fingerprint density at radius 3 is 2.93 bits per heavy atom. The number of aromatic nitrogens is 1. The van der Waals surface area contributed by atoms with Gasteiger partial charge in [-0.05, 0) is 30.5 Å². The van der Waals surface area contributed by atoms with Crippen molar-refractivity contribution in [2.75, 3.05) is 6.61 Å². The molecule has 1 heterocycles. The monoisotopic (exact) mass is 202 g/mol. The van der Waals surface area contributed by atoms with E-state index >= 15 is 0 Å². The molecule has 2 aromatic rings. The van der Waals surface area contributed by atoms with E-state index in [-0.39, 0.29) is 5.41 Å². The van der Waals surface area contributed by atoms with Crippen molar-refractivity contribution in [2.45, 2.75) is 18.3 Å². The van der Waals surface area contributed by atoms with Gasteiger partial charge in [0.15, 0.2) is 0 Å². The van der Waals surface area contributed by atoms with Crippen molar-refractivity contribution in [2.24, 2.45) is 5.90 Å². The predicted octanol–water partition coefficient (Wildman–Crippen LogP) is 2.09. The van der Waals surface area contributed by atoms with E-state index in [1.54, 1.807) is 0 Å². The first-order valence-electron chi connectivity index (χ1n) is 5.24. The fraction of sp³-hybridized carbons (Fsp3) is 0.333. The van der Waals surface area contributed by atoms with E-state index in [2.05, 4.69) is 29.2 Å². The maximum absolute atomic E-state index is 5.20. The summed E-state index contributed by atoms with van der Waals surface area (Å²) in [6.07, 6.45) is 4.33. The van der Waals surface area contributed by atoms with Crippen molar-refractivity contribution in [3.63, 3.8) is 0 Å². The molecule has 3 nitrogen and oxygen atoms in total. The smallest absolute Gasteiger partial charge is 0.0776 e. The summed E-state index contributed by atoms with van der Waals surface area (Å²) in [7, 11) is 0. The summed E-state index contributed by atoms with van der Waals surface area (Å²) in [5, 5.41) is 1.30. The first-order valence-corrected chi connectivity index (χ1v) is 5.24. The molecular formula is C12H14N2O.